The molecule has 0 aromatic carbocycles. The van der Waals surface area contributed by atoms with Crippen molar-refractivity contribution in [3.05, 3.63) is 61.8 Å². The standard InChI is InChI=1S/C19H23ClFN5O2/c1-12-8-19(2,25-6-4-16-13(10-25)7-14(20)9-22-16)23-18(17(12)26(27)28)24-5-3-15(21)11-24/h7-9,15,23H,3-6,10-11H2,1-2H3/t15-,19?/m1/s1. The largest absolute Gasteiger partial charge is 0.350 e. The first-order chi connectivity index (χ1) is 13.3. The number of rotatable bonds is 3. The summed E-state index contributed by atoms with van der Waals surface area (Å²) in [5.74, 6) is 0.405. The van der Waals surface area contributed by atoms with E-state index in [9.17, 15) is 14.5 Å². The number of nitrogens with zero attached hydrogens (tertiary/aromatic N) is 4. The highest BCUT2D eigenvalue weighted by atomic mass is 35.5. The Kier molecular flexibility index (Phi) is 4.79. The maximum Gasteiger partial charge on any atom is 0.311 e. The van der Waals surface area contributed by atoms with Gasteiger partial charge in [-0.25, -0.2) is 4.39 Å². The van der Waals surface area contributed by atoms with Crippen molar-refractivity contribution in [3.63, 3.8) is 0 Å². The number of nitrogens with one attached hydrogen (secondary N) is 1. The number of alkyl halides is 1. The molecular weight excluding hydrogens is 385 g/mol. The Bertz CT molecular complexity index is 889. The van der Waals surface area contributed by atoms with Crippen molar-refractivity contribution < 1.29 is 9.31 Å². The molecule has 0 amide bonds. The van der Waals surface area contributed by atoms with E-state index in [2.05, 4.69) is 15.2 Å². The zero-order chi connectivity index (χ0) is 20.1. The van der Waals surface area contributed by atoms with Gasteiger partial charge in [-0.1, -0.05) is 11.6 Å². The van der Waals surface area contributed by atoms with Crippen LogP contribution in [0.3, 0.4) is 0 Å². The number of halogens is 2. The van der Waals surface area contributed by atoms with Gasteiger partial charge in [-0.05, 0) is 38.0 Å². The van der Waals surface area contributed by atoms with E-state index >= 15 is 0 Å². The third kappa shape index (κ3) is 3.35. The van der Waals surface area contributed by atoms with E-state index in [1.165, 1.54) is 0 Å². The number of allylic oxidation sites excluding steroid dienone is 1. The van der Waals surface area contributed by atoms with Crippen LogP contribution in [0.5, 0.6) is 0 Å². The smallest absolute Gasteiger partial charge is 0.311 e. The fraction of sp³-hybridized carbons (Fsp3) is 0.526. The van der Waals surface area contributed by atoms with E-state index in [1.807, 2.05) is 19.1 Å². The Hall–Kier alpha value is -2.19. The van der Waals surface area contributed by atoms with Crippen molar-refractivity contribution >= 4 is 11.6 Å². The minimum absolute atomic E-state index is 0.0219. The zero-order valence-corrected chi connectivity index (χ0v) is 16.7. The Balaban J connectivity index is 1.66. The highest BCUT2D eigenvalue weighted by molar-refractivity contribution is 6.30. The number of aromatic nitrogens is 1. The molecule has 1 aromatic heterocycles. The summed E-state index contributed by atoms with van der Waals surface area (Å²) in [6.07, 6.45) is 3.74. The van der Waals surface area contributed by atoms with Crippen molar-refractivity contribution in [1.29, 1.82) is 0 Å². The highest BCUT2D eigenvalue weighted by Gasteiger charge is 2.42. The first-order valence-corrected chi connectivity index (χ1v) is 9.78. The number of dihydropyridines is 1. The van der Waals surface area contributed by atoms with Crippen molar-refractivity contribution in [2.45, 2.75) is 45.1 Å². The van der Waals surface area contributed by atoms with Gasteiger partial charge in [0.15, 0.2) is 5.82 Å². The molecule has 2 atom stereocenters. The van der Waals surface area contributed by atoms with Crippen LogP contribution in [0.25, 0.3) is 0 Å². The van der Waals surface area contributed by atoms with Crippen molar-refractivity contribution in [2.75, 3.05) is 19.6 Å². The maximum absolute atomic E-state index is 13.8. The molecule has 4 rings (SSSR count). The van der Waals surface area contributed by atoms with Gasteiger partial charge in [-0.2, -0.15) is 0 Å². The second kappa shape index (κ2) is 7.00. The molecule has 3 aliphatic heterocycles. The average molecular weight is 408 g/mol. The van der Waals surface area contributed by atoms with E-state index in [0.717, 1.165) is 24.2 Å². The molecule has 3 aliphatic rings. The molecule has 1 N–H and O–H groups in total. The van der Waals surface area contributed by atoms with Gasteiger partial charge in [0, 0.05) is 43.5 Å². The Morgan fingerprint density at radius 1 is 1.46 bits per heavy atom. The molecule has 4 heterocycles. The number of pyridine rings is 1. The third-order valence-corrected chi connectivity index (χ3v) is 5.97. The summed E-state index contributed by atoms with van der Waals surface area (Å²) < 4.78 is 13.8. The Morgan fingerprint density at radius 2 is 2.25 bits per heavy atom. The Morgan fingerprint density at radius 3 is 2.93 bits per heavy atom. The van der Waals surface area contributed by atoms with Crippen molar-refractivity contribution in [2.24, 2.45) is 0 Å². The van der Waals surface area contributed by atoms with E-state index in [0.29, 0.717) is 35.9 Å². The van der Waals surface area contributed by atoms with Gasteiger partial charge in [-0.15, -0.1) is 0 Å². The Labute approximate surface area is 168 Å². The van der Waals surface area contributed by atoms with Crippen LogP contribution < -0.4 is 5.32 Å². The molecule has 0 bridgehead atoms. The minimum Gasteiger partial charge on any atom is -0.350 e. The zero-order valence-electron chi connectivity index (χ0n) is 15.9. The first-order valence-electron chi connectivity index (χ1n) is 9.41. The van der Waals surface area contributed by atoms with E-state index in [-0.39, 0.29) is 17.2 Å². The molecule has 1 saturated heterocycles. The number of hydrogen-bond acceptors (Lipinski definition) is 6. The number of likely N-dealkylation sites (tertiary alicyclic amines) is 1. The highest BCUT2D eigenvalue weighted by Crippen LogP contribution is 2.34. The van der Waals surface area contributed by atoms with Crippen LogP contribution >= 0.6 is 11.6 Å². The van der Waals surface area contributed by atoms with Crippen LogP contribution in [0.2, 0.25) is 5.02 Å². The lowest BCUT2D eigenvalue weighted by Crippen LogP contribution is -2.60. The normalized spacial score (nSPS) is 28.1. The topological polar surface area (TPSA) is 74.5 Å². The van der Waals surface area contributed by atoms with Crippen molar-refractivity contribution in [1.82, 2.24) is 20.1 Å². The summed E-state index contributed by atoms with van der Waals surface area (Å²) in [7, 11) is 0. The molecule has 150 valence electrons. The molecule has 1 unspecified atom stereocenters. The lowest BCUT2D eigenvalue weighted by Gasteiger charge is -2.46. The molecule has 0 radical (unpaired) electrons. The lowest BCUT2D eigenvalue weighted by atomic mass is 9.96. The van der Waals surface area contributed by atoms with Crippen molar-refractivity contribution in [3.8, 4) is 0 Å². The fourth-order valence-corrected chi connectivity index (χ4v) is 4.54. The number of hydrogen-bond donors (Lipinski definition) is 1. The third-order valence-electron chi connectivity index (χ3n) is 5.76. The fourth-order valence-electron chi connectivity index (χ4n) is 4.36. The average Bonchev–Trinajstić information content (AvgIpc) is 3.06. The molecular formula is C19H23ClFN5O2. The number of nitro groups is 1. The van der Waals surface area contributed by atoms with Gasteiger partial charge in [0.25, 0.3) is 0 Å². The van der Waals surface area contributed by atoms with Gasteiger partial charge >= 0.3 is 5.70 Å². The summed E-state index contributed by atoms with van der Waals surface area (Å²) in [6.45, 7) is 5.76. The predicted molar refractivity (Wildman–Crippen MR) is 104 cm³/mol. The molecule has 1 fully saturated rings. The van der Waals surface area contributed by atoms with Gasteiger partial charge in [0.1, 0.15) is 11.8 Å². The summed E-state index contributed by atoms with van der Waals surface area (Å²) in [5, 5.41) is 15.7. The summed E-state index contributed by atoms with van der Waals surface area (Å²) >= 11 is 6.11. The minimum atomic E-state index is -0.963. The van der Waals surface area contributed by atoms with Crippen LogP contribution in [0.4, 0.5) is 4.39 Å². The first kappa shape index (κ1) is 19.1. The summed E-state index contributed by atoms with van der Waals surface area (Å²) in [6, 6.07) is 1.92. The van der Waals surface area contributed by atoms with Crippen LogP contribution in [-0.4, -0.2) is 51.2 Å². The molecule has 0 spiro atoms. The maximum atomic E-state index is 13.8. The van der Waals surface area contributed by atoms with Gasteiger partial charge < -0.3 is 10.2 Å². The number of fused-ring (bicyclic) bond motifs is 1. The second-order valence-electron chi connectivity index (χ2n) is 7.82. The molecule has 0 aliphatic carbocycles. The van der Waals surface area contributed by atoms with Crippen LogP contribution in [0.1, 0.15) is 31.5 Å². The van der Waals surface area contributed by atoms with Crippen LogP contribution in [0, 0.1) is 10.1 Å². The quantitative estimate of drug-likeness (QED) is 0.613. The molecule has 9 heteroatoms. The van der Waals surface area contributed by atoms with Gasteiger partial charge in [-0.3, -0.25) is 20.0 Å². The van der Waals surface area contributed by atoms with Crippen LogP contribution in [-0.2, 0) is 13.0 Å². The van der Waals surface area contributed by atoms with E-state index < -0.39 is 11.8 Å². The van der Waals surface area contributed by atoms with Gasteiger partial charge in [0.05, 0.1) is 16.5 Å². The van der Waals surface area contributed by atoms with Crippen LogP contribution in [0.15, 0.2) is 35.4 Å². The molecule has 28 heavy (non-hydrogen) atoms. The monoisotopic (exact) mass is 407 g/mol. The lowest BCUT2D eigenvalue weighted by molar-refractivity contribution is -0.424. The SMILES string of the molecule is CC1=CC(C)(N2CCc3ncc(Cl)cc3C2)NC(N2CC[C@@H](F)C2)=C1[N+](=O)[O-]. The molecule has 7 nitrogen and oxygen atoms in total. The van der Waals surface area contributed by atoms with E-state index in [4.69, 9.17) is 11.6 Å². The second-order valence-corrected chi connectivity index (χ2v) is 8.25. The molecule has 0 saturated carbocycles. The molecule has 1 aromatic rings. The summed E-state index contributed by atoms with van der Waals surface area (Å²) in [4.78, 5) is 19.7. The van der Waals surface area contributed by atoms with E-state index in [1.54, 1.807) is 18.0 Å². The summed E-state index contributed by atoms with van der Waals surface area (Å²) in [5.41, 5.74) is 2.06. The van der Waals surface area contributed by atoms with Gasteiger partial charge in [0.2, 0.25) is 0 Å². The predicted octanol–water partition coefficient (Wildman–Crippen LogP) is 2.85.